The Labute approximate surface area is 309 Å². The highest BCUT2D eigenvalue weighted by atomic mass is 16.7. The fourth-order valence-electron chi connectivity index (χ4n) is 8.82. The molecule has 2 aliphatic carbocycles. The highest BCUT2D eigenvalue weighted by molar-refractivity contribution is 5.00. The first-order valence-electron chi connectivity index (χ1n) is 18.6. The molecule has 4 saturated heterocycles. The van der Waals surface area contributed by atoms with E-state index in [0.29, 0.717) is 6.42 Å². The van der Waals surface area contributed by atoms with Crippen molar-refractivity contribution in [3.8, 4) is 0 Å². The summed E-state index contributed by atoms with van der Waals surface area (Å²) in [4.78, 5) is 0. The van der Waals surface area contributed by atoms with Crippen LogP contribution in [0.15, 0.2) is 0 Å². The summed E-state index contributed by atoms with van der Waals surface area (Å²) < 4.78 is 40.3. The molecule has 314 valence electrons. The predicted octanol–water partition coefficient (Wildman–Crippen LogP) is -7.86. The Morgan fingerprint density at radius 2 is 0.907 bits per heavy atom. The van der Waals surface area contributed by atoms with Gasteiger partial charge >= 0.3 is 0 Å². The summed E-state index contributed by atoms with van der Waals surface area (Å²) >= 11 is 0. The molecule has 24 atom stereocenters. The van der Waals surface area contributed by atoms with E-state index in [4.69, 9.17) is 33.2 Å². The van der Waals surface area contributed by atoms with Gasteiger partial charge in [0.1, 0.15) is 79.4 Å². The molecular weight excluding hydrogens is 732 g/mol. The smallest absolute Gasteiger partial charge is 0.187 e. The van der Waals surface area contributed by atoms with Gasteiger partial charge < -0.3 is 105 Å². The van der Waals surface area contributed by atoms with Gasteiger partial charge in [-0.25, -0.2) is 0 Å². The topological polar surface area (TPSA) is 351 Å². The Hall–Kier alpha value is -0.840. The van der Waals surface area contributed by atoms with Crippen LogP contribution in [0.4, 0.5) is 0 Å². The molecular formula is C33H57O21+. The molecule has 0 aromatic carbocycles. The van der Waals surface area contributed by atoms with Crippen LogP contribution in [0.2, 0.25) is 0 Å². The van der Waals surface area contributed by atoms with Crippen molar-refractivity contribution >= 4 is 0 Å². The van der Waals surface area contributed by atoms with Gasteiger partial charge in [0, 0.05) is 18.8 Å². The second-order valence-electron chi connectivity index (χ2n) is 15.5. The van der Waals surface area contributed by atoms with Crippen molar-refractivity contribution in [3.05, 3.63) is 0 Å². The lowest BCUT2D eigenvalue weighted by Crippen LogP contribution is -2.64. The number of ether oxygens (including phenoxy) is 7. The average Bonchev–Trinajstić information content (AvgIpc) is 3.16. The maximum Gasteiger partial charge on any atom is 0.187 e. The van der Waals surface area contributed by atoms with Crippen molar-refractivity contribution in [2.75, 3.05) is 19.8 Å². The van der Waals surface area contributed by atoms with Crippen LogP contribution in [0.1, 0.15) is 38.5 Å². The molecule has 6 rings (SSSR count). The molecule has 6 aliphatic rings. The van der Waals surface area contributed by atoms with E-state index in [1.807, 2.05) is 0 Å². The zero-order chi connectivity index (χ0) is 39.2. The summed E-state index contributed by atoms with van der Waals surface area (Å²) in [5.41, 5.74) is 0. The van der Waals surface area contributed by atoms with Crippen molar-refractivity contribution in [3.63, 3.8) is 0 Å². The number of aliphatic hydroxyl groups is 16. The van der Waals surface area contributed by atoms with Gasteiger partial charge in [0.2, 0.25) is 0 Å². The van der Waals surface area contributed by atoms with Gasteiger partial charge in [-0.1, -0.05) is 0 Å². The van der Waals surface area contributed by atoms with E-state index >= 15 is 0 Å². The van der Waals surface area contributed by atoms with E-state index in [-0.39, 0.29) is 32.1 Å². The third-order valence-corrected chi connectivity index (χ3v) is 12.0. The summed E-state index contributed by atoms with van der Waals surface area (Å²) in [6.07, 6.45) is -28.9. The molecule has 0 spiro atoms. The standard InChI is InChI=1S/C33H56O21/c34-7-18-21(39)24(42)27(45)31(52-18)49-15-5-11(37)4-14-12(15)6-17(51-33-29(47)26(44)23(41)20(9-36)54-33)30(48-14)10-1-2-13(38)16(3-10)50-32-28(46)25(43)22(40)19(8-35)53-32/h10-47H,1-9H2/p+1/t10?,11?,12?,13?,14?,15?,16?,17?,18-,19-,20-,21-,22-,23-,24+,25+,26+,27-,28-,29-,30?,31-,32-,33-/m1/s1. The molecule has 0 aromatic rings. The van der Waals surface area contributed by atoms with Gasteiger partial charge in [0.25, 0.3) is 0 Å². The quantitative estimate of drug-likeness (QED) is 0.0914. The van der Waals surface area contributed by atoms with Crippen molar-refractivity contribution in [1.29, 1.82) is 0 Å². The summed E-state index contributed by atoms with van der Waals surface area (Å²) in [7, 11) is 0. The van der Waals surface area contributed by atoms with Gasteiger partial charge in [0.15, 0.2) is 31.1 Å². The van der Waals surface area contributed by atoms with Crippen molar-refractivity contribution in [2.24, 2.45) is 11.8 Å². The van der Waals surface area contributed by atoms with Crippen LogP contribution < -0.4 is 0 Å². The number of hydrogen-bond donors (Lipinski definition) is 14. The molecule has 4 heterocycles. The summed E-state index contributed by atoms with van der Waals surface area (Å²) in [5, 5.41) is 145. The Morgan fingerprint density at radius 1 is 0.463 bits per heavy atom. The minimum absolute atomic E-state index is 0.0355. The van der Waals surface area contributed by atoms with Crippen molar-refractivity contribution in [1.82, 2.24) is 0 Å². The number of rotatable bonds is 10. The molecule has 21 heteroatoms. The first kappa shape index (κ1) is 42.8. The minimum Gasteiger partial charge on any atom is -0.427 e. The van der Waals surface area contributed by atoms with Gasteiger partial charge in [-0.3, -0.25) is 0 Å². The fourth-order valence-corrected chi connectivity index (χ4v) is 8.82. The molecule has 0 bridgehead atoms. The second-order valence-corrected chi connectivity index (χ2v) is 15.5. The Balaban J connectivity index is 1.24. The minimum atomic E-state index is -1.76. The molecule has 2 saturated carbocycles. The molecule has 0 aromatic heterocycles. The molecule has 54 heavy (non-hydrogen) atoms. The van der Waals surface area contributed by atoms with Crippen LogP contribution in [0.25, 0.3) is 0 Å². The average molecular weight is 790 g/mol. The van der Waals surface area contributed by atoms with Crippen LogP contribution in [-0.2, 0) is 28.4 Å². The Morgan fingerprint density at radius 3 is 1.37 bits per heavy atom. The SMILES string of the molecule is OC[C@H]1O[C@@H](OC2CC(C3[OH+]C4CC(O)CC(O[C@@H]5O[C@H](CO)[C@@H](O)[C@H](O)[C@H]5O)C4CC3O[C@@H]3O[C@H](CO)[C@@H](O)[C@H](O)[C@H]3O)CCC2O)[C@H](O)[C@@H](O)[C@@H]1O. The van der Waals surface area contributed by atoms with E-state index in [9.17, 15) is 71.5 Å². The van der Waals surface area contributed by atoms with Crippen LogP contribution in [0.3, 0.4) is 0 Å². The third-order valence-electron chi connectivity index (χ3n) is 12.0. The number of aliphatic hydroxyl groups excluding tert-OH is 14. The molecule has 0 radical (unpaired) electrons. The van der Waals surface area contributed by atoms with E-state index in [0.717, 1.165) is 0 Å². The molecule has 6 fully saturated rings. The first-order chi connectivity index (χ1) is 25.7. The Bertz CT molecular complexity index is 1180. The van der Waals surface area contributed by atoms with Crippen LogP contribution in [0, 0.1) is 11.8 Å². The largest absolute Gasteiger partial charge is 0.427 e. The van der Waals surface area contributed by atoms with E-state index in [1.165, 1.54) is 0 Å². The Kier molecular flexibility index (Phi) is 14.2. The van der Waals surface area contributed by atoms with Gasteiger partial charge in [0.05, 0.1) is 50.2 Å². The van der Waals surface area contributed by atoms with E-state index in [2.05, 4.69) is 0 Å². The highest BCUT2D eigenvalue weighted by Crippen LogP contribution is 2.44. The van der Waals surface area contributed by atoms with Crippen molar-refractivity contribution in [2.45, 2.75) is 173 Å². The zero-order valence-corrected chi connectivity index (χ0v) is 29.4. The van der Waals surface area contributed by atoms with Crippen LogP contribution in [-0.4, -0.2) is 231 Å². The zero-order valence-electron chi connectivity index (χ0n) is 29.4. The molecule has 9 unspecified atom stereocenters. The molecule has 21 nitrogen and oxygen atoms in total. The fraction of sp³-hybridized carbons (Fsp3) is 1.00. The van der Waals surface area contributed by atoms with Gasteiger partial charge in [-0.2, -0.15) is 0 Å². The molecule has 4 aliphatic heterocycles. The second kappa shape index (κ2) is 18.0. The first-order valence-corrected chi connectivity index (χ1v) is 18.6. The van der Waals surface area contributed by atoms with E-state index < -0.39 is 167 Å². The lowest BCUT2D eigenvalue weighted by atomic mass is 9.72. The number of hydrogen-bond acceptors (Lipinski definition) is 20. The normalized spacial score (nSPS) is 54.6. The van der Waals surface area contributed by atoms with Crippen LogP contribution in [0.5, 0.6) is 0 Å². The lowest BCUT2D eigenvalue weighted by Gasteiger charge is -2.50. The molecule has 0 amide bonds. The third kappa shape index (κ3) is 8.63. The molecule has 15 N–H and O–H groups in total. The van der Waals surface area contributed by atoms with E-state index in [1.54, 1.807) is 0 Å². The van der Waals surface area contributed by atoms with Crippen molar-refractivity contribution < 1.29 is 105 Å². The number of fused-ring (bicyclic) bond motifs is 1. The summed E-state index contributed by atoms with van der Waals surface area (Å²) in [5.74, 6) is -0.995. The summed E-state index contributed by atoms with van der Waals surface area (Å²) in [6, 6.07) is 0. The monoisotopic (exact) mass is 789 g/mol. The van der Waals surface area contributed by atoms with Gasteiger partial charge in [-0.05, 0) is 25.7 Å². The maximum atomic E-state index is 11.0. The van der Waals surface area contributed by atoms with Gasteiger partial charge in [-0.15, -0.1) is 0 Å². The predicted molar refractivity (Wildman–Crippen MR) is 172 cm³/mol. The lowest BCUT2D eigenvalue weighted by molar-refractivity contribution is -0.368. The summed E-state index contributed by atoms with van der Waals surface area (Å²) in [6.45, 7) is -2.08. The highest BCUT2D eigenvalue weighted by Gasteiger charge is 2.57. The van der Waals surface area contributed by atoms with Crippen LogP contribution >= 0.6 is 0 Å². The maximum absolute atomic E-state index is 11.0.